The highest BCUT2D eigenvalue weighted by molar-refractivity contribution is 5.83. The largest absolute Gasteiger partial charge is 0.369 e. The van der Waals surface area contributed by atoms with Gasteiger partial charge in [0, 0.05) is 17.8 Å². The SMILES string of the molecule is Cc1cc(/C=N/N=C(N)N)c(C)n1-c1cc[nH][n+]1C(C)C. The molecule has 0 aliphatic carbocycles. The van der Waals surface area contributed by atoms with E-state index in [4.69, 9.17) is 11.5 Å². The first kappa shape index (κ1) is 14.8. The number of H-pyrrole nitrogens is 1. The highest BCUT2D eigenvalue weighted by atomic mass is 15.3. The summed E-state index contributed by atoms with van der Waals surface area (Å²) in [6.45, 7) is 8.37. The van der Waals surface area contributed by atoms with Crippen LogP contribution < -0.4 is 16.1 Å². The van der Waals surface area contributed by atoms with E-state index in [-0.39, 0.29) is 5.96 Å². The molecule has 2 heterocycles. The number of aromatic amines is 1. The zero-order valence-electron chi connectivity index (χ0n) is 12.8. The van der Waals surface area contributed by atoms with Crippen LogP contribution in [0.1, 0.15) is 36.8 Å². The molecule has 0 bridgehead atoms. The lowest BCUT2D eigenvalue weighted by Crippen LogP contribution is -2.41. The predicted molar refractivity (Wildman–Crippen MR) is 83.6 cm³/mol. The molecule has 21 heavy (non-hydrogen) atoms. The third kappa shape index (κ3) is 2.96. The summed E-state index contributed by atoms with van der Waals surface area (Å²) in [7, 11) is 0. The van der Waals surface area contributed by atoms with Gasteiger partial charge in [0.05, 0.1) is 6.21 Å². The van der Waals surface area contributed by atoms with E-state index in [1.54, 1.807) is 6.21 Å². The van der Waals surface area contributed by atoms with Gasteiger partial charge in [-0.25, -0.2) is 5.10 Å². The number of aryl methyl sites for hydroxylation is 1. The lowest BCUT2D eigenvalue weighted by molar-refractivity contribution is -0.762. The van der Waals surface area contributed by atoms with Gasteiger partial charge in [0.15, 0.2) is 0 Å². The molecule has 0 spiro atoms. The molecule has 0 aliphatic rings. The van der Waals surface area contributed by atoms with E-state index in [1.165, 1.54) is 0 Å². The van der Waals surface area contributed by atoms with Gasteiger partial charge in [-0.3, -0.25) is 0 Å². The summed E-state index contributed by atoms with van der Waals surface area (Å²) in [4.78, 5) is 0. The molecule has 0 aromatic carbocycles. The molecule has 2 aromatic heterocycles. The maximum Gasteiger partial charge on any atom is 0.306 e. The lowest BCUT2D eigenvalue weighted by atomic mass is 10.3. The Bertz CT molecular complexity index is 684. The molecule has 0 amide bonds. The van der Waals surface area contributed by atoms with Crippen LogP contribution in [-0.4, -0.2) is 21.8 Å². The Morgan fingerprint density at radius 3 is 2.71 bits per heavy atom. The van der Waals surface area contributed by atoms with Crippen LogP contribution in [0.5, 0.6) is 0 Å². The van der Waals surface area contributed by atoms with E-state index in [0.29, 0.717) is 6.04 Å². The van der Waals surface area contributed by atoms with Gasteiger partial charge >= 0.3 is 5.82 Å². The Morgan fingerprint density at radius 2 is 2.10 bits per heavy atom. The summed E-state index contributed by atoms with van der Waals surface area (Å²) >= 11 is 0. The van der Waals surface area contributed by atoms with E-state index in [2.05, 4.69) is 57.5 Å². The van der Waals surface area contributed by atoms with Gasteiger partial charge in [0.1, 0.15) is 17.4 Å². The summed E-state index contributed by atoms with van der Waals surface area (Å²) in [5, 5.41) is 10.7. The average Bonchev–Trinajstić information content (AvgIpc) is 2.95. The Labute approximate surface area is 124 Å². The molecule has 0 atom stereocenters. The number of nitrogens with zero attached hydrogens (tertiary/aromatic N) is 4. The van der Waals surface area contributed by atoms with Gasteiger partial charge in [-0.05, 0) is 33.8 Å². The van der Waals surface area contributed by atoms with Crippen molar-refractivity contribution in [3.05, 3.63) is 35.3 Å². The minimum atomic E-state index is -0.0525. The van der Waals surface area contributed by atoms with Crippen molar-refractivity contribution in [2.45, 2.75) is 33.7 Å². The lowest BCUT2D eigenvalue weighted by Gasteiger charge is -2.06. The molecule has 2 aromatic rings. The molecule has 5 N–H and O–H groups in total. The standard InChI is InChI=1S/C14H21N7/c1-9(2)21-13(5-6-18-21)20-10(3)7-12(11(20)4)8-17-19-14(15)16/h5-9H,1-4H3,(H4,15,16,19)/p+1/b17-8+. The van der Waals surface area contributed by atoms with Crippen molar-refractivity contribution in [3.63, 3.8) is 0 Å². The fraction of sp³-hybridized carbons (Fsp3) is 0.357. The number of hydrogen-bond acceptors (Lipinski definition) is 2. The van der Waals surface area contributed by atoms with Gasteiger partial charge < -0.3 is 11.5 Å². The van der Waals surface area contributed by atoms with E-state index < -0.39 is 0 Å². The molecule has 0 saturated carbocycles. The van der Waals surface area contributed by atoms with Gasteiger partial charge in [0.25, 0.3) is 0 Å². The van der Waals surface area contributed by atoms with E-state index in [0.717, 1.165) is 22.8 Å². The molecule has 0 saturated heterocycles. The Morgan fingerprint density at radius 1 is 1.38 bits per heavy atom. The molecule has 2 rings (SSSR count). The van der Waals surface area contributed by atoms with Gasteiger partial charge in [-0.2, -0.15) is 14.4 Å². The monoisotopic (exact) mass is 288 g/mol. The maximum absolute atomic E-state index is 5.26. The van der Waals surface area contributed by atoms with Crippen LogP contribution in [0, 0.1) is 13.8 Å². The molecule has 0 fully saturated rings. The van der Waals surface area contributed by atoms with Crippen LogP contribution in [0.15, 0.2) is 28.5 Å². The summed E-state index contributed by atoms with van der Waals surface area (Å²) in [5.41, 5.74) is 13.7. The average molecular weight is 288 g/mol. The van der Waals surface area contributed by atoms with Crippen LogP contribution in [0.25, 0.3) is 5.82 Å². The van der Waals surface area contributed by atoms with Crippen molar-refractivity contribution in [3.8, 4) is 5.82 Å². The number of guanidine groups is 1. The minimum absolute atomic E-state index is 0.0525. The van der Waals surface area contributed by atoms with Gasteiger partial charge in [-0.1, -0.05) is 0 Å². The smallest absolute Gasteiger partial charge is 0.306 e. The first-order valence-electron chi connectivity index (χ1n) is 6.82. The summed E-state index contributed by atoms with van der Waals surface area (Å²) in [6.07, 6.45) is 3.59. The topological polar surface area (TPSA) is 101 Å². The number of nitrogens with two attached hydrogens (primary N) is 2. The van der Waals surface area contributed by atoms with Crippen molar-refractivity contribution in [2.75, 3.05) is 0 Å². The summed E-state index contributed by atoms with van der Waals surface area (Å²) in [6, 6.07) is 4.45. The Hall–Kier alpha value is -2.57. The van der Waals surface area contributed by atoms with Crippen LogP contribution in [-0.2, 0) is 0 Å². The summed E-state index contributed by atoms with van der Waals surface area (Å²) < 4.78 is 4.28. The number of nitrogens with one attached hydrogen (secondary N) is 1. The Kier molecular flexibility index (Phi) is 4.11. The fourth-order valence-electron chi connectivity index (χ4n) is 2.36. The fourth-order valence-corrected chi connectivity index (χ4v) is 2.36. The molecule has 0 unspecified atom stereocenters. The molecule has 7 nitrogen and oxygen atoms in total. The number of hydrogen-bond donors (Lipinski definition) is 3. The first-order chi connectivity index (χ1) is 9.91. The van der Waals surface area contributed by atoms with Crippen molar-refractivity contribution in [1.29, 1.82) is 0 Å². The van der Waals surface area contributed by atoms with Gasteiger partial charge in [-0.15, -0.1) is 5.10 Å². The highest BCUT2D eigenvalue weighted by Crippen LogP contribution is 2.18. The second-order valence-corrected chi connectivity index (χ2v) is 5.22. The van der Waals surface area contributed by atoms with Crippen molar-refractivity contribution in [1.82, 2.24) is 9.67 Å². The Balaban J connectivity index is 2.47. The zero-order valence-corrected chi connectivity index (χ0v) is 12.8. The van der Waals surface area contributed by atoms with E-state index in [9.17, 15) is 0 Å². The van der Waals surface area contributed by atoms with Crippen molar-refractivity contribution >= 4 is 12.2 Å². The van der Waals surface area contributed by atoms with Crippen LogP contribution in [0.3, 0.4) is 0 Å². The molecular formula is C14H22N7+. The number of aromatic nitrogens is 3. The molecule has 112 valence electrons. The molecular weight excluding hydrogens is 266 g/mol. The third-order valence-corrected chi connectivity index (χ3v) is 3.28. The second-order valence-electron chi connectivity index (χ2n) is 5.22. The van der Waals surface area contributed by atoms with Crippen molar-refractivity contribution in [2.24, 2.45) is 21.7 Å². The molecule has 0 radical (unpaired) electrons. The normalized spacial score (nSPS) is 11.5. The minimum Gasteiger partial charge on any atom is -0.369 e. The third-order valence-electron chi connectivity index (χ3n) is 3.28. The zero-order chi connectivity index (χ0) is 15.6. The van der Waals surface area contributed by atoms with Crippen LogP contribution in [0.4, 0.5) is 0 Å². The number of rotatable bonds is 4. The van der Waals surface area contributed by atoms with Crippen molar-refractivity contribution < 1.29 is 4.68 Å². The molecule has 7 heteroatoms. The van der Waals surface area contributed by atoms with E-state index >= 15 is 0 Å². The van der Waals surface area contributed by atoms with Gasteiger partial charge in [0.2, 0.25) is 5.96 Å². The molecule has 0 aliphatic heterocycles. The predicted octanol–water partition coefficient (Wildman–Crippen LogP) is 0.898. The maximum atomic E-state index is 5.26. The van der Waals surface area contributed by atoms with Crippen LogP contribution >= 0.6 is 0 Å². The van der Waals surface area contributed by atoms with Crippen LogP contribution in [0.2, 0.25) is 0 Å². The second kappa shape index (κ2) is 5.82. The quantitative estimate of drug-likeness (QED) is 0.337. The first-order valence-corrected chi connectivity index (χ1v) is 6.82. The highest BCUT2D eigenvalue weighted by Gasteiger charge is 2.22. The van der Waals surface area contributed by atoms with E-state index in [1.807, 2.05) is 13.1 Å². The summed E-state index contributed by atoms with van der Waals surface area (Å²) in [5.74, 6) is 1.03.